The second-order valence-electron chi connectivity index (χ2n) is 4.04. The molecule has 0 aliphatic rings. The van der Waals surface area contributed by atoms with E-state index in [-0.39, 0.29) is 28.8 Å². The van der Waals surface area contributed by atoms with E-state index in [1.165, 1.54) is 13.8 Å². The third-order valence-corrected chi connectivity index (χ3v) is 4.41. The molecule has 0 aliphatic heterocycles. The summed E-state index contributed by atoms with van der Waals surface area (Å²) in [5, 5.41) is 3.59. The minimum absolute atomic E-state index is 0.000142. The summed E-state index contributed by atoms with van der Waals surface area (Å²) in [6, 6.07) is 0. The quantitative estimate of drug-likeness (QED) is 0.820. The first-order chi connectivity index (χ1) is 8.83. The molecule has 1 amide bonds. The Bertz CT molecular complexity index is 527. The van der Waals surface area contributed by atoms with Crippen molar-refractivity contribution in [3.63, 3.8) is 0 Å². The van der Waals surface area contributed by atoms with Gasteiger partial charge in [-0.25, -0.2) is 13.1 Å². The lowest BCUT2D eigenvalue weighted by atomic mass is 10.4. The number of likely N-dealkylation sites (N-methyl/N-ethyl adjacent to an activating group) is 1. The number of rotatable bonds is 6. The van der Waals surface area contributed by atoms with Gasteiger partial charge in [0, 0.05) is 13.1 Å². The van der Waals surface area contributed by atoms with E-state index in [1.54, 1.807) is 4.90 Å². The van der Waals surface area contributed by atoms with Gasteiger partial charge in [0.1, 0.15) is 10.6 Å². The number of nitrogens with one attached hydrogen (secondary N) is 1. The molecule has 0 aromatic carbocycles. The Morgan fingerprint density at radius 3 is 2.32 bits per heavy atom. The highest BCUT2D eigenvalue weighted by Crippen LogP contribution is 2.18. The number of carbonyl (C=O) groups excluding carboxylic acids is 1. The Kier molecular flexibility index (Phi) is 5.07. The number of sulfonamides is 1. The zero-order valence-corrected chi connectivity index (χ0v) is 12.4. The third kappa shape index (κ3) is 3.54. The molecule has 0 spiro atoms. The zero-order chi connectivity index (χ0) is 14.6. The predicted octanol–water partition coefficient (Wildman–Crippen LogP) is 0.438. The molecule has 0 saturated heterocycles. The van der Waals surface area contributed by atoms with Crippen molar-refractivity contribution in [1.29, 1.82) is 0 Å². The van der Waals surface area contributed by atoms with Crippen LogP contribution >= 0.6 is 0 Å². The molecule has 0 bridgehead atoms. The van der Waals surface area contributed by atoms with Gasteiger partial charge in [-0.2, -0.15) is 0 Å². The Morgan fingerprint density at radius 1 is 1.32 bits per heavy atom. The molecular weight excluding hydrogens is 270 g/mol. The van der Waals surface area contributed by atoms with Gasteiger partial charge in [-0.15, -0.1) is 0 Å². The van der Waals surface area contributed by atoms with Gasteiger partial charge >= 0.3 is 0 Å². The van der Waals surface area contributed by atoms with Crippen molar-refractivity contribution in [2.24, 2.45) is 0 Å². The summed E-state index contributed by atoms with van der Waals surface area (Å²) in [7, 11) is -3.78. The highest BCUT2D eigenvalue weighted by molar-refractivity contribution is 7.89. The topological polar surface area (TPSA) is 92.5 Å². The molecule has 0 aliphatic carbocycles. The van der Waals surface area contributed by atoms with Crippen molar-refractivity contribution in [2.45, 2.75) is 32.6 Å². The Balaban J connectivity index is 2.80. The smallest absolute Gasteiger partial charge is 0.246 e. The SMILES string of the molecule is CCN(CC)C(=O)CNS(=O)(=O)c1c(C)noc1C. The minimum Gasteiger partial charge on any atom is -0.360 e. The lowest BCUT2D eigenvalue weighted by Gasteiger charge is -2.18. The van der Waals surface area contributed by atoms with Gasteiger partial charge in [0.2, 0.25) is 15.9 Å². The van der Waals surface area contributed by atoms with Crippen molar-refractivity contribution in [1.82, 2.24) is 14.8 Å². The van der Waals surface area contributed by atoms with E-state index in [1.807, 2.05) is 13.8 Å². The first-order valence-corrected chi connectivity index (χ1v) is 7.52. The van der Waals surface area contributed by atoms with Crippen LogP contribution < -0.4 is 4.72 Å². The predicted molar refractivity (Wildman–Crippen MR) is 69.1 cm³/mol. The van der Waals surface area contributed by atoms with Gasteiger partial charge in [-0.05, 0) is 27.7 Å². The van der Waals surface area contributed by atoms with Crippen LogP contribution in [0.5, 0.6) is 0 Å². The molecule has 1 aromatic rings. The number of aromatic nitrogens is 1. The molecule has 1 aromatic heterocycles. The largest absolute Gasteiger partial charge is 0.360 e. The highest BCUT2D eigenvalue weighted by Gasteiger charge is 2.25. The summed E-state index contributed by atoms with van der Waals surface area (Å²) in [6.07, 6.45) is 0. The van der Waals surface area contributed by atoms with Crippen molar-refractivity contribution in [2.75, 3.05) is 19.6 Å². The molecule has 19 heavy (non-hydrogen) atoms. The van der Waals surface area contributed by atoms with Crippen molar-refractivity contribution < 1.29 is 17.7 Å². The van der Waals surface area contributed by atoms with Crippen LogP contribution in [0.3, 0.4) is 0 Å². The molecular formula is C11H19N3O4S. The van der Waals surface area contributed by atoms with Crippen LogP contribution in [0.25, 0.3) is 0 Å². The Labute approximate surface area is 113 Å². The van der Waals surface area contributed by atoms with Crippen LogP contribution in [0.2, 0.25) is 0 Å². The molecule has 0 unspecified atom stereocenters. The average Bonchev–Trinajstić information content (AvgIpc) is 2.69. The molecule has 0 fully saturated rings. The molecule has 1 heterocycles. The first kappa shape index (κ1) is 15.6. The van der Waals surface area contributed by atoms with Gasteiger partial charge in [0.15, 0.2) is 5.76 Å². The van der Waals surface area contributed by atoms with Gasteiger partial charge in [0.05, 0.1) is 6.54 Å². The molecule has 108 valence electrons. The maximum Gasteiger partial charge on any atom is 0.246 e. The summed E-state index contributed by atoms with van der Waals surface area (Å²) in [5.41, 5.74) is 0.278. The normalized spacial score (nSPS) is 11.6. The van der Waals surface area contributed by atoms with Crippen LogP contribution in [0.4, 0.5) is 0 Å². The molecule has 1 N–H and O–H groups in total. The van der Waals surface area contributed by atoms with E-state index in [2.05, 4.69) is 9.88 Å². The fraction of sp³-hybridized carbons (Fsp3) is 0.636. The Hall–Kier alpha value is -1.41. The van der Waals surface area contributed by atoms with Gasteiger partial charge < -0.3 is 9.42 Å². The van der Waals surface area contributed by atoms with Gasteiger partial charge in [-0.1, -0.05) is 5.16 Å². The molecule has 0 atom stereocenters. The van der Waals surface area contributed by atoms with E-state index in [0.29, 0.717) is 13.1 Å². The standard InChI is InChI=1S/C11H19N3O4S/c1-5-14(6-2)10(15)7-12-19(16,17)11-8(3)13-18-9(11)4/h12H,5-7H2,1-4H3. The third-order valence-electron chi connectivity index (χ3n) is 2.77. The molecule has 7 nitrogen and oxygen atoms in total. The molecule has 8 heteroatoms. The summed E-state index contributed by atoms with van der Waals surface area (Å²) in [6.45, 7) is 7.55. The summed E-state index contributed by atoms with van der Waals surface area (Å²) >= 11 is 0. The van der Waals surface area contributed by atoms with E-state index in [4.69, 9.17) is 4.52 Å². The second kappa shape index (κ2) is 6.16. The first-order valence-electron chi connectivity index (χ1n) is 6.03. The van der Waals surface area contributed by atoms with E-state index in [9.17, 15) is 13.2 Å². The van der Waals surface area contributed by atoms with Gasteiger partial charge in [-0.3, -0.25) is 4.79 Å². The summed E-state index contributed by atoms with van der Waals surface area (Å²) in [4.78, 5) is 13.3. The Morgan fingerprint density at radius 2 is 1.89 bits per heavy atom. The van der Waals surface area contributed by atoms with E-state index in [0.717, 1.165) is 0 Å². The lowest BCUT2D eigenvalue weighted by Crippen LogP contribution is -2.40. The second-order valence-corrected chi connectivity index (χ2v) is 5.75. The van der Waals surface area contributed by atoms with Crippen molar-refractivity contribution in [3.8, 4) is 0 Å². The molecule has 1 rings (SSSR count). The number of hydrogen-bond acceptors (Lipinski definition) is 5. The highest BCUT2D eigenvalue weighted by atomic mass is 32.2. The van der Waals surface area contributed by atoms with Gasteiger partial charge in [0.25, 0.3) is 0 Å². The van der Waals surface area contributed by atoms with Crippen LogP contribution in [-0.4, -0.2) is 44.0 Å². The fourth-order valence-electron chi connectivity index (χ4n) is 1.78. The van der Waals surface area contributed by atoms with Crippen molar-refractivity contribution in [3.05, 3.63) is 11.5 Å². The molecule has 0 radical (unpaired) electrons. The van der Waals surface area contributed by atoms with E-state index < -0.39 is 10.0 Å². The maximum atomic E-state index is 12.1. The molecule has 0 saturated carbocycles. The van der Waals surface area contributed by atoms with Crippen molar-refractivity contribution >= 4 is 15.9 Å². The zero-order valence-electron chi connectivity index (χ0n) is 11.6. The summed E-state index contributed by atoms with van der Waals surface area (Å²) in [5.74, 6) is -0.0550. The number of hydrogen-bond donors (Lipinski definition) is 1. The average molecular weight is 289 g/mol. The number of aryl methyl sites for hydroxylation is 2. The monoisotopic (exact) mass is 289 g/mol. The fourth-order valence-corrected chi connectivity index (χ4v) is 3.08. The van der Waals surface area contributed by atoms with Crippen LogP contribution in [0.15, 0.2) is 9.42 Å². The number of amides is 1. The summed E-state index contributed by atoms with van der Waals surface area (Å²) < 4.78 is 31.2. The number of carbonyl (C=O) groups is 1. The lowest BCUT2D eigenvalue weighted by molar-refractivity contribution is -0.129. The van der Waals surface area contributed by atoms with Crippen LogP contribution in [-0.2, 0) is 14.8 Å². The van der Waals surface area contributed by atoms with E-state index >= 15 is 0 Å². The number of nitrogens with zero attached hydrogens (tertiary/aromatic N) is 2. The minimum atomic E-state index is -3.78. The van der Waals surface area contributed by atoms with Crippen LogP contribution in [0, 0.1) is 13.8 Å². The van der Waals surface area contributed by atoms with Crippen LogP contribution in [0.1, 0.15) is 25.3 Å². The maximum absolute atomic E-state index is 12.1.